The molecular weight excluding hydrogens is 134 g/mol. The van der Waals surface area contributed by atoms with Crippen LogP contribution in [0.2, 0.25) is 0 Å². The third-order valence-electron chi connectivity index (χ3n) is 3.99. The summed E-state index contributed by atoms with van der Waals surface area (Å²) >= 11 is 0. The Kier molecular flexibility index (Phi) is 1.30. The predicted molar refractivity (Wildman–Crippen MR) is 45.0 cm³/mol. The molecule has 0 aromatic heterocycles. The molecule has 3 saturated carbocycles. The molecule has 3 unspecified atom stereocenters. The third-order valence-corrected chi connectivity index (χ3v) is 3.99. The average Bonchev–Trinajstić information content (AvgIpc) is 2.04. The summed E-state index contributed by atoms with van der Waals surface area (Å²) in [5, 5.41) is 0. The first-order chi connectivity index (χ1) is 5.16. The molecule has 3 atom stereocenters. The SMILES string of the molecule is [C-]#[N+]C1CCC2CC1C2(C)C. The lowest BCUT2D eigenvalue weighted by atomic mass is 9.47. The number of fused-ring (bicyclic) bond motifs is 2. The Morgan fingerprint density at radius 2 is 2.09 bits per heavy atom. The van der Waals surface area contributed by atoms with Crippen LogP contribution in [-0.2, 0) is 0 Å². The maximum absolute atomic E-state index is 7.05. The van der Waals surface area contributed by atoms with Gasteiger partial charge in [-0.1, -0.05) is 13.8 Å². The molecule has 0 spiro atoms. The van der Waals surface area contributed by atoms with E-state index < -0.39 is 0 Å². The monoisotopic (exact) mass is 149 g/mol. The first-order valence-electron chi connectivity index (χ1n) is 4.53. The number of nitrogens with zero attached hydrogens (tertiary/aromatic N) is 1. The van der Waals surface area contributed by atoms with Crippen LogP contribution >= 0.6 is 0 Å². The molecule has 0 aromatic rings. The highest BCUT2D eigenvalue weighted by molar-refractivity contribution is 5.08. The van der Waals surface area contributed by atoms with Crippen molar-refractivity contribution in [1.82, 2.24) is 0 Å². The van der Waals surface area contributed by atoms with Crippen molar-refractivity contribution in [2.45, 2.75) is 39.2 Å². The van der Waals surface area contributed by atoms with E-state index in [1.807, 2.05) is 0 Å². The summed E-state index contributed by atoms with van der Waals surface area (Å²) in [6.45, 7) is 11.7. The Hall–Kier alpha value is -0.510. The first kappa shape index (κ1) is 7.16. The van der Waals surface area contributed by atoms with E-state index in [1.54, 1.807) is 0 Å². The topological polar surface area (TPSA) is 4.36 Å². The summed E-state index contributed by atoms with van der Waals surface area (Å²) < 4.78 is 0. The van der Waals surface area contributed by atoms with Crippen molar-refractivity contribution in [3.63, 3.8) is 0 Å². The van der Waals surface area contributed by atoms with Crippen LogP contribution in [0.1, 0.15) is 33.1 Å². The molecule has 3 rings (SSSR count). The van der Waals surface area contributed by atoms with Crippen molar-refractivity contribution < 1.29 is 0 Å². The van der Waals surface area contributed by atoms with E-state index in [0.29, 0.717) is 11.5 Å². The molecule has 3 aliphatic carbocycles. The second-order valence-corrected chi connectivity index (χ2v) is 4.63. The van der Waals surface area contributed by atoms with Crippen molar-refractivity contribution in [2.24, 2.45) is 17.3 Å². The zero-order valence-electron chi connectivity index (χ0n) is 7.30. The lowest BCUT2D eigenvalue weighted by Gasteiger charge is -2.56. The number of rotatable bonds is 0. The summed E-state index contributed by atoms with van der Waals surface area (Å²) in [5.74, 6) is 1.66. The van der Waals surface area contributed by atoms with Gasteiger partial charge in [0.15, 0.2) is 0 Å². The van der Waals surface area contributed by atoms with Gasteiger partial charge in [0, 0.05) is 12.3 Å². The van der Waals surface area contributed by atoms with Gasteiger partial charge in [0.25, 0.3) is 0 Å². The van der Waals surface area contributed by atoms with E-state index in [4.69, 9.17) is 6.57 Å². The van der Waals surface area contributed by atoms with Gasteiger partial charge in [-0.2, -0.15) is 0 Å². The Balaban J connectivity index is 2.18. The summed E-state index contributed by atoms with van der Waals surface area (Å²) in [4.78, 5) is 3.71. The highest BCUT2D eigenvalue weighted by atomic mass is 14.8. The van der Waals surface area contributed by atoms with Gasteiger partial charge < -0.3 is 4.85 Å². The average molecular weight is 149 g/mol. The third kappa shape index (κ3) is 0.759. The minimum Gasteiger partial charge on any atom is -0.313 e. The lowest BCUT2D eigenvalue weighted by molar-refractivity contribution is -0.0691. The molecule has 0 saturated heterocycles. The molecule has 0 aliphatic heterocycles. The Morgan fingerprint density at radius 1 is 1.36 bits per heavy atom. The van der Waals surface area contributed by atoms with Crippen LogP contribution in [0.4, 0.5) is 0 Å². The summed E-state index contributed by atoms with van der Waals surface area (Å²) in [6, 6.07) is 0.356. The highest BCUT2D eigenvalue weighted by Gasteiger charge is 2.57. The minimum atomic E-state index is 0.356. The summed E-state index contributed by atoms with van der Waals surface area (Å²) in [5.41, 5.74) is 0.494. The molecule has 0 aromatic carbocycles. The zero-order valence-corrected chi connectivity index (χ0v) is 7.30. The molecule has 2 bridgehead atoms. The standard InChI is InChI=1S/C10H15N/c1-10(2)7-4-5-9(11-3)8(10)6-7/h7-9H,4-6H2,1-2H3. The predicted octanol–water partition coefficient (Wildman–Crippen LogP) is 2.73. The van der Waals surface area contributed by atoms with Crippen molar-refractivity contribution in [2.75, 3.05) is 0 Å². The van der Waals surface area contributed by atoms with Gasteiger partial charge in [0.2, 0.25) is 6.04 Å². The van der Waals surface area contributed by atoms with Gasteiger partial charge in [-0.25, -0.2) is 6.57 Å². The molecule has 60 valence electrons. The maximum atomic E-state index is 7.05. The Labute approximate surface area is 68.6 Å². The van der Waals surface area contributed by atoms with Crippen LogP contribution in [0.25, 0.3) is 4.85 Å². The number of hydrogen-bond acceptors (Lipinski definition) is 0. The molecule has 3 fully saturated rings. The van der Waals surface area contributed by atoms with Gasteiger partial charge >= 0.3 is 0 Å². The molecule has 0 N–H and O–H groups in total. The van der Waals surface area contributed by atoms with Gasteiger partial charge in [-0.15, -0.1) is 0 Å². The van der Waals surface area contributed by atoms with E-state index in [9.17, 15) is 0 Å². The van der Waals surface area contributed by atoms with Crippen LogP contribution < -0.4 is 0 Å². The van der Waals surface area contributed by atoms with Crippen LogP contribution in [0.15, 0.2) is 0 Å². The molecular formula is C10H15N. The zero-order chi connectivity index (χ0) is 8.06. The largest absolute Gasteiger partial charge is 0.313 e. The molecule has 0 radical (unpaired) electrons. The van der Waals surface area contributed by atoms with Gasteiger partial charge in [-0.05, 0) is 24.2 Å². The fourth-order valence-corrected chi connectivity index (χ4v) is 2.93. The van der Waals surface area contributed by atoms with E-state index in [0.717, 1.165) is 11.8 Å². The fraction of sp³-hybridized carbons (Fsp3) is 0.900. The molecule has 1 heteroatoms. The van der Waals surface area contributed by atoms with Crippen molar-refractivity contribution in [1.29, 1.82) is 0 Å². The van der Waals surface area contributed by atoms with E-state index in [1.165, 1.54) is 19.3 Å². The quantitative estimate of drug-likeness (QED) is 0.466. The van der Waals surface area contributed by atoms with Crippen LogP contribution in [0.5, 0.6) is 0 Å². The van der Waals surface area contributed by atoms with Crippen molar-refractivity contribution in [3.05, 3.63) is 11.4 Å². The van der Waals surface area contributed by atoms with E-state index >= 15 is 0 Å². The second kappa shape index (κ2) is 2.00. The smallest absolute Gasteiger partial charge is 0.227 e. The first-order valence-corrected chi connectivity index (χ1v) is 4.53. The number of hydrogen-bond donors (Lipinski definition) is 0. The molecule has 3 aliphatic rings. The van der Waals surface area contributed by atoms with Gasteiger partial charge in [0.05, 0.1) is 0 Å². The normalized spacial score (nSPS) is 45.7. The maximum Gasteiger partial charge on any atom is 0.227 e. The lowest BCUT2D eigenvalue weighted by Crippen LogP contribution is -2.53. The molecule has 11 heavy (non-hydrogen) atoms. The second-order valence-electron chi connectivity index (χ2n) is 4.63. The Morgan fingerprint density at radius 3 is 2.45 bits per heavy atom. The van der Waals surface area contributed by atoms with Crippen molar-refractivity contribution in [3.8, 4) is 0 Å². The summed E-state index contributed by atoms with van der Waals surface area (Å²) in [7, 11) is 0. The van der Waals surface area contributed by atoms with E-state index in [2.05, 4.69) is 18.7 Å². The Bertz CT molecular complexity index is 209. The van der Waals surface area contributed by atoms with Gasteiger partial charge in [-0.3, -0.25) is 0 Å². The minimum absolute atomic E-state index is 0.356. The molecule has 0 heterocycles. The van der Waals surface area contributed by atoms with Crippen LogP contribution in [-0.4, -0.2) is 6.04 Å². The summed E-state index contributed by atoms with van der Waals surface area (Å²) in [6.07, 6.45) is 3.80. The van der Waals surface area contributed by atoms with Crippen molar-refractivity contribution >= 4 is 0 Å². The van der Waals surface area contributed by atoms with Crippen LogP contribution in [0, 0.1) is 23.8 Å². The van der Waals surface area contributed by atoms with Crippen LogP contribution in [0.3, 0.4) is 0 Å². The van der Waals surface area contributed by atoms with Gasteiger partial charge in [0.1, 0.15) is 0 Å². The molecule has 0 amide bonds. The fourth-order valence-electron chi connectivity index (χ4n) is 2.93. The van der Waals surface area contributed by atoms with E-state index in [-0.39, 0.29) is 0 Å². The highest BCUT2D eigenvalue weighted by Crippen LogP contribution is 2.59. The molecule has 1 nitrogen and oxygen atoms in total.